The fraction of sp³-hybridized carbons (Fsp3) is 1.00. The van der Waals surface area contributed by atoms with Crippen LogP contribution in [0.1, 0.15) is 297 Å². The molecule has 4 heteroatoms. The maximum absolute atomic E-state index is 5.48. The second-order valence-electron chi connectivity index (χ2n) is 16.6. The van der Waals surface area contributed by atoms with Gasteiger partial charge in [-0.2, -0.15) is 0 Å². The summed E-state index contributed by atoms with van der Waals surface area (Å²) < 4.78 is 0. The molecule has 0 radical (unpaired) electrons. The first-order valence-corrected chi connectivity index (χ1v) is 25.5. The smallest absolute Gasteiger partial charge is 0.00773 e. The maximum atomic E-state index is 5.48. The molecular formula is C50H112N4. The lowest BCUT2D eigenvalue weighted by molar-refractivity contribution is 0.530. The van der Waals surface area contributed by atoms with E-state index in [1.807, 2.05) is 6.92 Å². The monoisotopic (exact) mass is 769 g/mol. The highest BCUT2D eigenvalue weighted by molar-refractivity contribution is 4.52. The molecule has 0 saturated carbocycles. The first-order chi connectivity index (χ1) is 26.7. The Morgan fingerprint density at radius 1 is 0.167 bits per heavy atom. The first kappa shape index (κ1) is 60.5. The number of hydrogen-bond acceptors (Lipinski definition) is 4. The van der Waals surface area contributed by atoms with Crippen molar-refractivity contribution in [3.05, 3.63) is 0 Å². The van der Waals surface area contributed by atoms with E-state index in [4.69, 9.17) is 22.9 Å². The van der Waals surface area contributed by atoms with Crippen LogP contribution in [0.3, 0.4) is 0 Å². The van der Waals surface area contributed by atoms with Crippen LogP contribution in [0.5, 0.6) is 0 Å². The van der Waals surface area contributed by atoms with Crippen LogP contribution >= 0.6 is 0 Å². The predicted octanol–water partition coefficient (Wildman–Crippen LogP) is 16.2. The van der Waals surface area contributed by atoms with Crippen molar-refractivity contribution in [3.63, 3.8) is 0 Å². The summed E-state index contributed by atoms with van der Waals surface area (Å²) in [6, 6.07) is 0. The minimum atomic E-state index is 0.750. The van der Waals surface area contributed by atoms with Gasteiger partial charge in [0.25, 0.3) is 0 Å². The summed E-state index contributed by atoms with van der Waals surface area (Å²) in [5.74, 6) is 0. The molecule has 0 unspecified atom stereocenters. The van der Waals surface area contributed by atoms with E-state index in [2.05, 4.69) is 20.8 Å². The Bertz CT molecular complexity index is 487. The van der Waals surface area contributed by atoms with Gasteiger partial charge in [-0.25, -0.2) is 0 Å². The van der Waals surface area contributed by atoms with Crippen LogP contribution in [0, 0.1) is 0 Å². The quantitative estimate of drug-likeness (QED) is 0.0464. The van der Waals surface area contributed by atoms with Gasteiger partial charge in [0.1, 0.15) is 0 Å². The van der Waals surface area contributed by atoms with Gasteiger partial charge in [0.15, 0.2) is 0 Å². The third-order valence-electron chi connectivity index (χ3n) is 10.7. The van der Waals surface area contributed by atoms with E-state index in [1.54, 1.807) is 0 Å². The first-order valence-electron chi connectivity index (χ1n) is 25.5. The normalized spacial score (nSPS) is 10.7. The third-order valence-corrected chi connectivity index (χ3v) is 10.7. The molecule has 0 aliphatic rings. The van der Waals surface area contributed by atoms with Crippen LogP contribution in [0.15, 0.2) is 0 Å². The summed E-state index contributed by atoms with van der Waals surface area (Å²) in [6.45, 7) is 12.1. The van der Waals surface area contributed by atoms with Crippen molar-refractivity contribution in [3.8, 4) is 0 Å². The fourth-order valence-electron chi connectivity index (χ4n) is 7.02. The number of nitrogens with two attached hydrogens (primary N) is 4. The Labute approximate surface area is 345 Å². The molecule has 4 nitrogen and oxygen atoms in total. The molecule has 8 N–H and O–H groups in total. The molecule has 0 bridgehead atoms. The molecule has 0 aliphatic heterocycles. The van der Waals surface area contributed by atoms with Gasteiger partial charge in [-0.05, 0) is 45.4 Å². The van der Waals surface area contributed by atoms with Gasteiger partial charge >= 0.3 is 0 Å². The Balaban J connectivity index is -0.000000336. The minimum Gasteiger partial charge on any atom is -0.331 e. The van der Waals surface area contributed by atoms with Gasteiger partial charge < -0.3 is 22.9 Å². The van der Waals surface area contributed by atoms with Crippen LogP contribution < -0.4 is 22.9 Å². The Morgan fingerprint density at radius 2 is 0.259 bits per heavy atom. The molecular weight excluding hydrogens is 657 g/mol. The van der Waals surface area contributed by atoms with Crippen molar-refractivity contribution in [2.24, 2.45) is 22.9 Å². The largest absolute Gasteiger partial charge is 0.331 e. The number of unbranched alkanes of at least 4 members (excludes halogenated alkanes) is 39. The summed E-state index contributed by atoms with van der Waals surface area (Å²) in [6.07, 6.45) is 59.6. The van der Waals surface area contributed by atoms with Crippen LogP contribution in [0.25, 0.3) is 0 Å². The van der Waals surface area contributed by atoms with E-state index < -0.39 is 0 Å². The summed E-state index contributed by atoms with van der Waals surface area (Å²) in [5.41, 5.74) is 21.2. The molecule has 0 atom stereocenters. The van der Waals surface area contributed by atoms with Crippen molar-refractivity contribution in [1.82, 2.24) is 0 Å². The fourth-order valence-corrected chi connectivity index (χ4v) is 7.02. The molecule has 0 saturated heterocycles. The highest BCUT2D eigenvalue weighted by Gasteiger charge is 1.96. The van der Waals surface area contributed by atoms with Crippen molar-refractivity contribution < 1.29 is 0 Å². The lowest BCUT2D eigenvalue weighted by atomic mass is 10.0. The Morgan fingerprint density at radius 3 is 0.352 bits per heavy atom. The summed E-state index contributed by atoms with van der Waals surface area (Å²) in [7, 11) is 0. The topological polar surface area (TPSA) is 104 Å². The molecule has 0 aromatic carbocycles. The summed E-state index contributed by atoms with van der Waals surface area (Å²) >= 11 is 0. The molecule has 332 valence electrons. The Hall–Kier alpha value is -0.160. The predicted molar refractivity (Wildman–Crippen MR) is 253 cm³/mol. The third kappa shape index (κ3) is 76.5. The summed E-state index contributed by atoms with van der Waals surface area (Å²) in [4.78, 5) is 0. The molecule has 0 heterocycles. The second kappa shape index (κ2) is 67.6. The standard InChI is InChI=1S/C18H39N.C16H35N.C14H31N.C2H7N/c1-2-3-4-5-6-7-8-9-10-11-12-13-14-15-16-17-18-19;1-2-3-4-5-6-7-8-9-10-11-12-13-14-15-16-17;1-2-3-4-5-6-7-8-9-10-11-12-13-14-15;1-2-3/h2-19H2,1H3;2-17H2,1H3;2-15H2,1H3;2-3H2,1H3. The van der Waals surface area contributed by atoms with E-state index in [9.17, 15) is 0 Å². The maximum Gasteiger partial charge on any atom is -0.00773 e. The van der Waals surface area contributed by atoms with E-state index in [0.29, 0.717) is 0 Å². The lowest BCUT2D eigenvalue weighted by Crippen LogP contribution is -1.97. The van der Waals surface area contributed by atoms with Crippen molar-refractivity contribution in [2.45, 2.75) is 297 Å². The zero-order valence-corrected chi connectivity index (χ0v) is 38.8. The van der Waals surface area contributed by atoms with Crippen LogP contribution in [0.2, 0.25) is 0 Å². The molecule has 0 fully saturated rings. The zero-order valence-electron chi connectivity index (χ0n) is 38.8. The molecule has 0 amide bonds. The van der Waals surface area contributed by atoms with Crippen molar-refractivity contribution in [1.29, 1.82) is 0 Å². The van der Waals surface area contributed by atoms with E-state index in [1.165, 1.54) is 270 Å². The average molecular weight is 769 g/mol. The minimum absolute atomic E-state index is 0.750. The van der Waals surface area contributed by atoms with Gasteiger partial charge in [0, 0.05) is 0 Å². The number of rotatable bonds is 42. The second-order valence-corrected chi connectivity index (χ2v) is 16.6. The van der Waals surface area contributed by atoms with Gasteiger partial charge in [0.2, 0.25) is 0 Å². The van der Waals surface area contributed by atoms with Crippen molar-refractivity contribution >= 4 is 0 Å². The molecule has 0 rings (SSSR count). The zero-order chi connectivity index (χ0) is 40.5. The van der Waals surface area contributed by atoms with Crippen LogP contribution in [0.4, 0.5) is 0 Å². The lowest BCUT2D eigenvalue weighted by Gasteiger charge is -2.03. The van der Waals surface area contributed by atoms with E-state index >= 15 is 0 Å². The van der Waals surface area contributed by atoms with Gasteiger partial charge in [-0.3, -0.25) is 0 Å². The molecule has 0 aromatic rings. The van der Waals surface area contributed by atoms with Gasteiger partial charge in [-0.15, -0.1) is 0 Å². The number of hydrogen-bond donors (Lipinski definition) is 4. The highest BCUT2D eigenvalue weighted by atomic mass is 14.5. The molecule has 0 aromatic heterocycles. The van der Waals surface area contributed by atoms with E-state index in [0.717, 1.165) is 26.2 Å². The average Bonchev–Trinajstić information content (AvgIpc) is 3.18. The van der Waals surface area contributed by atoms with Crippen LogP contribution in [-0.4, -0.2) is 26.2 Å². The van der Waals surface area contributed by atoms with Crippen LogP contribution in [-0.2, 0) is 0 Å². The highest BCUT2D eigenvalue weighted by Crippen LogP contribution is 2.15. The Kier molecular flexibility index (Phi) is 75.7. The van der Waals surface area contributed by atoms with Crippen molar-refractivity contribution in [2.75, 3.05) is 26.2 Å². The van der Waals surface area contributed by atoms with Gasteiger partial charge in [-0.1, -0.05) is 278 Å². The van der Waals surface area contributed by atoms with E-state index in [-0.39, 0.29) is 0 Å². The molecule has 0 aliphatic carbocycles. The molecule has 0 spiro atoms. The van der Waals surface area contributed by atoms with Gasteiger partial charge in [0.05, 0.1) is 0 Å². The SMILES string of the molecule is CCCCCCCCCCCCCCCCCCN.CCCCCCCCCCCCCCCCN.CCCCCCCCCCCCCCN.CCN. The summed E-state index contributed by atoms with van der Waals surface area (Å²) in [5, 5.41) is 0. The molecule has 54 heavy (non-hydrogen) atoms.